The standard InChI is InChI=1S/C22H32N6O/c1-7-15(4)20(25-19(29)10-12-27-17(6)13-16(5)26-27)22-24-18-9-8-11-23-21(18)28(22)14(2)3/h8-9,11,13-15,20H,7,10,12H2,1-6H3,(H,25,29)/t15-,20-/m0/s1. The number of hydrogen-bond acceptors (Lipinski definition) is 4. The summed E-state index contributed by atoms with van der Waals surface area (Å²) in [6.45, 7) is 13.1. The average molecular weight is 397 g/mol. The van der Waals surface area contributed by atoms with Gasteiger partial charge in [0, 0.05) is 30.9 Å². The first-order valence-electron chi connectivity index (χ1n) is 10.4. The van der Waals surface area contributed by atoms with E-state index in [1.54, 1.807) is 6.20 Å². The number of pyridine rings is 1. The quantitative estimate of drug-likeness (QED) is 0.621. The number of aryl methyl sites for hydroxylation is 3. The predicted molar refractivity (Wildman–Crippen MR) is 115 cm³/mol. The highest BCUT2D eigenvalue weighted by atomic mass is 16.1. The maximum atomic E-state index is 12.8. The fourth-order valence-electron chi connectivity index (χ4n) is 3.73. The molecule has 1 N–H and O–H groups in total. The average Bonchev–Trinajstić information content (AvgIpc) is 3.22. The van der Waals surface area contributed by atoms with Crippen LogP contribution in [-0.2, 0) is 11.3 Å². The Kier molecular flexibility index (Phi) is 6.35. The number of hydrogen-bond donors (Lipinski definition) is 1. The summed E-state index contributed by atoms with van der Waals surface area (Å²) in [4.78, 5) is 22.2. The van der Waals surface area contributed by atoms with Crippen molar-refractivity contribution in [3.05, 3.63) is 41.6 Å². The minimum Gasteiger partial charge on any atom is -0.346 e. The molecule has 0 radical (unpaired) electrons. The predicted octanol–water partition coefficient (Wildman–Crippen LogP) is 4.12. The number of carbonyl (C=O) groups is 1. The molecule has 0 unspecified atom stereocenters. The van der Waals surface area contributed by atoms with Gasteiger partial charge in [0.2, 0.25) is 5.91 Å². The first-order chi connectivity index (χ1) is 13.8. The monoisotopic (exact) mass is 396 g/mol. The van der Waals surface area contributed by atoms with Crippen molar-refractivity contribution in [3.8, 4) is 0 Å². The fraction of sp³-hybridized carbons (Fsp3) is 0.545. The van der Waals surface area contributed by atoms with Gasteiger partial charge >= 0.3 is 0 Å². The van der Waals surface area contributed by atoms with E-state index in [9.17, 15) is 4.79 Å². The molecule has 0 aliphatic heterocycles. The van der Waals surface area contributed by atoms with Crippen LogP contribution in [0.25, 0.3) is 11.2 Å². The molecule has 3 aromatic rings. The molecule has 0 saturated carbocycles. The highest BCUT2D eigenvalue weighted by Gasteiger charge is 2.27. The summed E-state index contributed by atoms with van der Waals surface area (Å²) in [5.41, 5.74) is 3.77. The van der Waals surface area contributed by atoms with E-state index in [4.69, 9.17) is 4.98 Å². The lowest BCUT2D eigenvalue weighted by molar-refractivity contribution is -0.122. The van der Waals surface area contributed by atoms with Crippen LogP contribution < -0.4 is 5.32 Å². The number of rotatable bonds is 8. The third-order valence-electron chi connectivity index (χ3n) is 5.45. The number of aromatic nitrogens is 5. The molecule has 3 heterocycles. The summed E-state index contributed by atoms with van der Waals surface area (Å²) in [5.74, 6) is 1.14. The molecule has 0 fully saturated rings. The van der Waals surface area contributed by atoms with Crippen LogP contribution in [0, 0.1) is 19.8 Å². The van der Waals surface area contributed by atoms with Crippen LogP contribution in [0.3, 0.4) is 0 Å². The van der Waals surface area contributed by atoms with Crippen molar-refractivity contribution in [2.24, 2.45) is 5.92 Å². The van der Waals surface area contributed by atoms with Crippen LogP contribution in [0.15, 0.2) is 24.4 Å². The first-order valence-corrected chi connectivity index (χ1v) is 10.4. The zero-order chi connectivity index (χ0) is 21.1. The molecule has 0 spiro atoms. The van der Waals surface area contributed by atoms with Gasteiger partial charge in [-0.1, -0.05) is 20.3 Å². The lowest BCUT2D eigenvalue weighted by Gasteiger charge is -2.26. The summed E-state index contributed by atoms with van der Waals surface area (Å²) >= 11 is 0. The van der Waals surface area contributed by atoms with Crippen molar-refractivity contribution in [1.29, 1.82) is 0 Å². The first kappa shape index (κ1) is 21.0. The van der Waals surface area contributed by atoms with E-state index in [2.05, 4.69) is 47.7 Å². The third-order valence-corrected chi connectivity index (χ3v) is 5.45. The van der Waals surface area contributed by atoms with Gasteiger partial charge in [-0.2, -0.15) is 5.10 Å². The van der Waals surface area contributed by atoms with Gasteiger partial charge in [0.05, 0.1) is 11.7 Å². The van der Waals surface area contributed by atoms with Gasteiger partial charge in [0.1, 0.15) is 11.3 Å². The molecule has 3 aromatic heterocycles. The van der Waals surface area contributed by atoms with Crippen molar-refractivity contribution in [2.75, 3.05) is 0 Å². The van der Waals surface area contributed by atoms with Crippen LogP contribution in [0.5, 0.6) is 0 Å². The van der Waals surface area contributed by atoms with Crippen molar-refractivity contribution in [2.45, 2.75) is 73.0 Å². The Morgan fingerprint density at radius 2 is 2.00 bits per heavy atom. The second-order valence-electron chi connectivity index (χ2n) is 8.11. The van der Waals surface area contributed by atoms with Gasteiger partial charge < -0.3 is 9.88 Å². The smallest absolute Gasteiger partial charge is 0.222 e. The topological polar surface area (TPSA) is 77.6 Å². The van der Waals surface area contributed by atoms with E-state index in [1.165, 1.54) is 0 Å². The number of nitrogens with zero attached hydrogens (tertiary/aromatic N) is 5. The minimum absolute atomic E-state index is 0.0122. The molecule has 0 aromatic carbocycles. The SMILES string of the molecule is CC[C@H](C)[C@H](NC(=O)CCn1nc(C)cc1C)c1nc2cccnc2n1C(C)C. The molecule has 156 valence electrons. The molecular weight excluding hydrogens is 364 g/mol. The molecule has 29 heavy (non-hydrogen) atoms. The Morgan fingerprint density at radius 3 is 2.62 bits per heavy atom. The Labute approximate surface area is 172 Å². The Bertz CT molecular complexity index is 987. The molecule has 7 nitrogen and oxygen atoms in total. The molecule has 7 heteroatoms. The normalized spacial score (nSPS) is 13.8. The maximum Gasteiger partial charge on any atom is 0.222 e. The molecule has 0 saturated heterocycles. The van der Waals surface area contributed by atoms with Gasteiger partial charge in [-0.25, -0.2) is 9.97 Å². The summed E-state index contributed by atoms with van der Waals surface area (Å²) in [6, 6.07) is 5.93. The van der Waals surface area contributed by atoms with E-state index in [0.717, 1.165) is 34.8 Å². The van der Waals surface area contributed by atoms with Gasteiger partial charge in [-0.3, -0.25) is 9.48 Å². The van der Waals surface area contributed by atoms with E-state index in [1.807, 2.05) is 36.7 Å². The highest BCUT2D eigenvalue weighted by molar-refractivity contribution is 5.77. The molecule has 0 aliphatic carbocycles. The van der Waals surface area contributed by atoms with E-state index < -0.39 is 0 Å². The van der Waals surface area contributed by atoms with Crippen molar-refractivity contribution in [1.82, 2.24) is 29.6 Å². The minimum atomic E-state index is -0.162. The lowest BCUT2D eigenvalue weighted by atomic mass is 9.98. The molecule has 0 bridgehead atoms. The van der Waals surface area contributed by atoms with Gasteiger partial charge in [0.15, 0.2) is 5.65 Å². The van der Waals surface area contributed by atoms with Gasteiger partial charge in [-0.15, -0.1) is 0 Å². The zero-order valence-electron chi connectivity index (χ0n) is 18.3. The van der Waals surface area contributed by atoms with Crippen LogP contribution in [0.1, 0.15) is 69.8 Å². The van der Waals surface area contributed by atoms with Crippen LogP contribution in [0.4, 0.5) is 0 Å². The largest absolute Gasteiger partial charge is 0.346 e. The van der Waals surface area contributed by atoms with Crippen LogP contribution >= 0.6 is 0 Å². The number of imidazole rings is 1. The second kappa shape index (κ2) is 8.76. The van der Waals surface area contributed by atoms with Gasteiger partial charge in [0.25, 0.3) is 0 Å². The number of amides is 1. The maximum absolute atomic E-state index is 12.8. The van der Waals surface area contributed by atoms with E-state index in [-0.39, 0.29) is 23.9 Å². The molecule has 1 amide bonds. The third kappa shape index (κ3) is 4.49. The summed E-state index contributed by atoms with van der Waals surface area (Å²) < 4.78 is 4.04. The van der Waals surface area contributed by atoms with Crippen LogP contribution in [0.2, 0.25) is 0 Å². The molecular formula is C22H32N6O. The Balaban J connectivity index is 1.85. The Hall–Kier alpha value is -2.70. The second-order valence-corrected chi connectivity index (χ2v) is 8.11. The van der Waals surface area contributed by atoms with Crippen molar-refractivity contribution < 1.29 is 4.79 Å². The summed E-state index contributed by atoms with van der Waals surface area (Å²) in [7, 11) is 0. The summed E-state index contributed by atoms with van der Waals surface area (Å²) in [6.07, 6.45) is 3.12. The van der Waals surface area contributed by atoms with E-state index >= 15 is 0 Å². The number of fused-ring (bicyclic) bond motifs is 1. The molecule has 3 rings (SSSR count). The van der Waals surface area contributed by atoms with Crippen molar-refractivity contribution >= 4 is 17.1 Å². The molecule has 0 aliphatic rings. The molecule has 2 atom stereocenters. The number of nitrogens with one attached hydrogen (secondary N) is 1. The van der Waals surface area contributed by atoms with Crippen molar-refractivity contribution in [3.63, 3.8) is 0 Å². The zero-order valence-corrected chi connectivity index (χ0v) is 18.3. The summed E-state index contributed by atoms with van der Waals surface area (Å²) in [5, 5.41) is 7.69. The fourth-order valence-corrected chi connectivity index (χ4v) is 3.73. The Morgan fingerprint density at radius 1 is 1.24 bits per heavy atom. The highest BCUT2D eigenvalue weighted by Crippen LogP contribution is 2.29. The van der Waals surface area contributed by atoms with E-state index in [0.29, 0.717) is 13.0 Å². The van der Waals surface area contributed by atoms with Crippen LogP contribution in [-0.4, -0.2) is 30.2 Å². The lowest BCUT2D eigenvalue weighted by Crippen LogP contribution is -2.35. The van der Waals surface area contributed by atoms with Gasteiger partial charge in [-0.05, 0) is 51.8 Å². The number of carbonyl (C=O) groups excluding carboxylic acids is 1.